The number of carbonyl (C=O) groups excluding carboxylic acids is 1. The van der Waals surface area contributed by atoms with Crippen molar-refractivity contribution >= 4 is 23.4 Å². The topological polar surface area (TPSA) is 46.3 Å². The molecule has 98 valence electrons. The maximum absolute atomic E-state index is 11.9. The molecule has 0 fully saturated rings. The van der Waals surface area contributed by atoms with E-state index < -0.39 is 0 Å². The highest BCUT2D eigenvalue weighted by Gasteiger charge is 2.10. The number of amides is 1. The van der Waals surface area contributed by atoms with Gasteiger partial charge in [-0.2, -0.15) is 0 Å². The van der Waals surface area contributed by atoms with E-state index in [4.69, 9.17) is 5.73 Å². The molecule has 0 spiro atoms. The molecule has 0 bridgehead atoms. The van der Waals surface area contributed by atoms with E-state index in [0.717, 1.165) is 9.79 Å². The molecular weight excluding hydrogens is 256 g/mol. The van der Waals surface area contributed by atoms with Crippen LogP contribution in [0.15, 0.2) is 58.3 Å². The molecule has 0 aromatic heterocycles. The van der Waals surface area contributed by atoms with E-state index in [9.17, 15) is 4.79 Å². The van der Waals surface area contributed by atoms with Gasteiger partial charge in [-0.15, -0.1) is 0 Å². The maximum atomic E-state index is 11.9. The summed E-state index contributed by atoms with van der Waals surface area (Å²) in [6.45, 7) is 0. The van der Waals surface area contributed by atoms with E-state index in [-0.39, 0.29) is 5.91 Å². The first kappa shape index (κ1) is 13.5. The molecule has 0 radical (unpaired) electrons. The highest BCUT2D eigenvalue weighted by atomic mass is 32.2. The minimum absolute atomic E-state index is 0.0186. The van der Waals surface area contributed by atoms with Gasteiger partial charge in [-0.25, -0.2) is 0 Å². The third kappa shape index (κ3) is 3.29. The van der Waals surface area contributed by atoms with Crippen molar-refractivity contribution in [1.29, 1.82) is 0 Å². The summed E-state index contributed by atoms with van der Waals surface area (Å²) in [5, 5.41) is 0. The first-order valence-electron chi connectivity index (χ1n) is 5.92. The van der Waals surface area contributed by atoms with Crippen LogP contribution >= 0.6 is 11.8 Å². The second kappa shape index (κ2) is 5.80. The van der Waals surface area contributed by atoms with Gasteiger partial charge in [0.2, 0.25) is 0 Å². The number of nitrogens with zero attached hydrogens (tertiary/aromatic N) is 1. The van der Waals surface area contributed by atoms with Gasteiger partial charge in [0.1, 0.15) is 0 Å². The molecule has 2 N–H and O–H groups in total. The Kier molecular flexibility index (Phi) is 4.12. The van der Waals surface area contributed by atoms with Gasteiger partial charge in [0.05, 0.1) is 0 Å². The van der Waals surface area contributed by atoms with Crippen LogP contribution < -0.4 is 5.73 Å². The number of carbonyl (C=O) groups is 1. The normalized spacial score (nSPS) is 10.2. The van der Waals surface area contributed by atoms with Crippen molar-refractivity contribution in [3.05, 3.63) is 54.1 Å². The van der Waals surface area contributed by atoms with Gasteiger partial charge in [-0.05, 0) is 30.3 Å². The zero-order valence-corrected chi connectivity index (χ0v) is 11.8. The highest BCUT2D eigenvalue weighted by molar-refractivity contribution is 7.99. The van der Waals surface area contributed by atoms with Crippen molar-refractivity contribution in [1.82, 2.24) is 4.90 Å². The Morgan fingerprint density at radius 1 is 1.11 bits per heavy atom. The molecule has 2 aromatic carbocycles. The SMILES string of the molecule is CN(C)C(=O)c1ccc(N)c(Sc2ccccc2)c1. The number of nitrogens with two attached hydrogens (primary N) is 1. The van der Waals surface area contributed by atoms with Crippen molar-refractivity contribution in [3.63, 3.8) is 0 Å². The molecule has 0 saturated carbocycles. The smallest absolute Gasteiger partial charge is 0.253 e. The summed E-state index contributed by atoms with van der Waals surface area (Å²) in [7, 11) is 3.48. The number of hydrogen-bond donors (Lipinski definition) is 1. The van der Waals surface area contributed by atoms with E-state index in [2.05, 4.69) is 0 Å². The molecule has 0 aliphatic heterocycles. The number of benzene rings is 2. The van der Waals surface area contributed by atoms with Crippen molar-refractivity contribution in [2.24, 2.45) is 0 Å². The van der Waals surface area contributed by atoms with E-state index >= 15 is 0 Å². The van der Waals surface area contributed by atoms with Crippen LogP contribution in [0.5, 0.6) is 0 Å². The van der Waals surface area contributed by atoms with Crippen LogP contribution in [0.1, 0.15) is 10.4 Å². The summed E-state index contributed by atoms with van der Waals surface area (Å²) in [5.41, 5.74) is 7.30. The van der Waals surface area contributed by atoms with Gasteiger partial charge < -0.3 is 10.6 Å². The zero-order chi connectivity index (χ0) is 13.8. The molecule has 0 heterocycles. The third-order valence-electron chi connectivity index (χ3n) is 2.64. The fraction of sp³-hybridized carbons (Fsp3) is 0.133. The van der Waals surface area contributed by atoms with Crippen LogP contribution in [0, 0.1) is 0 Å². The van der Waals surface area contributed by atoms with Crippen LogP contribution in [0.4, 0.5) is 5.69 Å². The monoisotopic (exact) mass is 272 g/mol. The standard InChI is InChI=1S/C15H16N2OS/c1-17(2)15(18)11-8-9-13(16)14(10-11)19-12-6-4-3-5-7-12/h3-10H,16H2,1-2H3. The van der Waals surface area contributed by atoms with Crippen molar-refractivity contribution < 1.29 is 4.79 Å². The first-order valence-corrected chi connectivity index (χ1v) is 6.73. The second-order valence-electron chi connectivity index (χ2n) is 4.37. The summed E-state index contributed by atoms with van der Waals surface area (Å²) in [6, 6.07) is 15.3. The Morgan fingerprint density at radius 3 is 2.42 bits per heavy atom. The quantitative estimate of drug-likeness (QED) is 0.873. The predicted molar refractivity (Wildman–Crippen MR) is 79.4 cm³/mol. The lowest BCUT2D eigenvalue weighted by Crippen LogP contribution is -2.21. The molecule has 0 aliphatic rings. The number of nitrogen functional groups attached to an aromatic ring is 1. The minimum atomic E-state index is -0.0186. The average Bonchev–Trinajstić information content (AvgIpc) is 2.41. The summed E-state index contributed by atoms with van der Waals surface area (Å²) in [6.07, 6.45) is 0. The number of anilines is 1. The van der Waals surface area contributed by atoms with Crippen LogP contribution in [0.3, 0.4) is 0 Å². The van der Waals surface area contributed by atoms with E-state index in [1.807, 2.05) is 36.4 Å². The fourth-order valence-electron chi connectivity index (χ4n) is 1.63. The van der Waals surface area contributed by atoms with Crippen LogP contribution in [-0.2, 0) is 0 Å². The predicted octanol–water partition coefficient (Wildman–Crippen LogP) is 3.12. The Bertz CT molecular complexity index is 582. The van der Waals surface area contributed by atoms with E-state index in [1.165, 1.54) is 0 Å². The van der Waals surface area contributed by atoms with Gasteiger partial charge in [0, 0.05) is 35.1 Å². The van der Waals surface area contributed by atoms with Crippen molar-refractivity contribution in [3.8, 4) is 0 Å². The summed E-state index contributed by atoms with van der Waals surface area (Å²) < 4.78 is 0. The Morgan fingerprint density at radius 2 is 1.79 bits per heavy atom. The molecule has 0 atom stereocenters. The molecule has 2 rings (SSSR count). The minimum Gasteiger partial charge on any atom is -0.398 e. The first-order chi connectivity index (χ1) is 9.08. The maximum Gasteiger partial charge on any atom is 0.253 e. The van der Waals surface area contributed by atoms with Gasteiger partial charge in [-0.1, -0.05) is 30.0 Å². The lowest BCUT2D eigenvalue weighted by atomic mass is 10.2. The molecule has 1 amide bonds. The van der Waals surface area contributed by atoms with Crippen molar-refractivity contribution in [2.75, 3.05) is 19.8 Å². The lowest BCUT2D eigenvalue weighted by Gasteiger charge is -2.12. The van der Waals surface area contributed by atoms with Crippen LogP contribution in [0.2, 0.25) is 0 Å². The van der Waals surface area contributed by atoms with E-state index in [1.54, 1.807) is 42.9 Å². The third-order valence-corrected chi connectivity index (χ3v) is 3.72. The molecule has 0 saturated heterocycles. The molecule has 19 heavy (non-hydrogen) atoms. The lowest BCUT2D eigenvalue weighted by molar-refractivity contribution is 0.0827. The Labute approximate surface area is 117 Å². The Balaban J connectivity index is 2.30. The van der Waals surface area contributed by atoms with E-state index in [0.29, 0.717) is 11.3 Å². The summed E-state index contributed by atoms with van der Waals surface area (Å²) in [4.78, 5) is 15.5. The highest BCUT2D eigenvalue weighted by Crippen LogP contribution is 2.32. The Hall–Kier alpha value is -1.94. The summed E-state index contributed by atoms with van der Waals surface area (Å²) >= 11 is 1.56. The fourth-order valence-corrected chi connectivity index (χ4v) is 2.55. The average molecular weight is 272 g/mol. The molecule has 3 nitrogen and oxygen atoms in total. The van der Waals surface area contributed by atoms with Crippen LogP contribution in [-0.4, -0.2) is 24.9 Å². The number of rotatable bonds is 3. The van der Waals surface area contributed by atoms with Gasteiger partial charge in [-0.3, -0.25) is 4.79 Å². The zero-order valence-electron chi connectivity index (χ0n) is 11.0. The van der Waals surface area contributed by atoms with Crippen molar-refractivity contribution in [2.45, 2.75) is 9.79 Å². The largest absolute Gasteiger partial charge is 0.398 e. The molecule has 4 heteroatoms. The number of hydrogen-bond acceptors (Lipinski definition) is 3. The van der Waals surface area contributed by atoms with Gasteiger partial charge in [0.25, 0.3) is 5.91 Å². The molecule has 0 unspecified atom stereocenters. The van der Waals surface area contributed by atoms with Crippen LogP contribution in [0.25, 0.3) is 0 Å². The molecule has 0 aliphatic carbocycles. The van der Waals surface area contributed by atoms with Gasteiger partial charge >= 0.3 is 0 Å². The molecule has 2 aromatic rings. The summed E-state index contributed by atoms with van der Waals surface area (Å²) in [5.74, 6) is -0.0186. The van der Waals surface area contributed by atoms with Gasteiger partial charge in [0.15, 0.2) is 0 Å². The second-order valence-corrected chi connectivity index (χ2v) is 5.48. The molecular formula is C15H16N2OS.